The van der Waals surface area contributed by atoms with Crippen LogP contribution in [0.4, 0.5) is 0 Å². The fourth-order valence-corrected chi connectivity index (χ4v) is 1.48. The first-order chi connectivity index (χ1) is 8.58. The van der Waals surface area contributed by atoms with E-state index in [1.807, 2.05) is 20.8 Å². The lowest BCUT2D eigenvalue weighted by Crippen LogP contribution is -2.47. The maximum atomic E-state index is 11.4. The average molecular weight is 259 g/mol. The summed E-state index contributed by atoms with van der Waals surface area (Å²) >= 11 is 0. The molecule has 0 radical (unpaired) electrons. The van der Waals surface area contributed by atoms with Crippen LogP contribution in [0.5, 0.6) is 0 Å². The van der Waals surface area contributed by atoms with Crippen LogP contribution < -0.4 is 10.6 Å². The van der Waals surface area contributed by atoms with Gasteiger partial charge in [-0.05, 0) is 19.5 Å². The Morgan fingerprint density at radius 3 is 2.22 bits per heavy atom. The van der Waals surface area contributed by atoms with Crippen molar-refractivity contribution in [2.75, 3.05) is 32.8 Å². The first kappa shape index (κ1) is 16.9. The van der Waals surface area contributed by atoms with Crippen molar-refractivity contribution >= 4 is 11.8 Å². The summed E-state index contributed by atoms with van der Waals surface area (Å²) < 4.78 is 0. The molecule has 0 aliphatic rings. The Kier molecular flexibility index (Phi) is 9.22. The van der Waals surface area contributed by atoms with E-state index in [0.717, 1.165) is 19.6 Å². The Bertz CT molecular complexity index is 251. The van der Waals surface area contributed by atoms with E-state index >= 15 is 0 Å². The molecule has 0 heterocycles. The highest BCUT2D eigenvalue weighted by Crippen LogP contribution is 1.88. The maximum Gasteiger partial charge on any atom is 0.309 e. The molecular formula is C12H25N3O3. The molecule has 0 aliphatic heterocycles. The number of carbonyl (C=O) groups is 2. The number of hydrogen-bond donors (Lipinski definition) is 3. The highest BCUT2D eigenvalue weighted by molar-refractivity contribution is 6.35. The second kappa shape index (κ2) is 9.85. The topological polar surface area (TPSA) is 81.7 Å². The van der Waals surface area contributed by atoms with Crippen LogP contribution in [-0.4, -0.2) is 60.6 Å². The van der Waals surface area contributed by atoms with E-state index in [1.165, 1.54) is 0 Å². The van der Waals surface area contributed by atoms with Crippen molar-refractivity contribution < 1.29 is 14.7 Å². The van der Waals surface area contributed by atoms with Gasteiger partial charge in [0, 0.05) is 13.1 Å². The third kappa shape index (κ3) is 6.56. The second-order valence-electron chi connectivity index (χ2n) is 4.04. The van der Waals surface area contributed by atoms with Gasteiger partial charge in [-0.25, -0.2) is 0 Å². The van der Waals surface area contributed by atoms with E-state index in [0.29, 0.717) is 13.0 Å². The first-order valence-corrected chi connectivity index (χ1v) is 6.50. The van der Waals surface area contributed by atoms with Crippen molar-refractivity contribution in [1.29, 1.82) is 0 Å². The molecule has 0 spiro atoms. The molecule has 106 valence electrons. The minimum atomic E-state index is -0.685. The monoisotopic (exact) mass is 259 g/mol. The normalized spacial score (nSPS) is 12.3. The van der Waals surface area contributed by atoms with Crippen molar-refractivity contribution in [1.82, 2.24) is 15.5 Å². The summed E-state index contributed by atoms with van der Waals surface area (Å²) in [7, 11) is 0. The fraction of sp³-hybridized carbons (Fsp3) is 0.833. The van der Waals surface area contributed by atoms with E-state index in [-0.39, 0.29) is 12.6 Å². The van der Waals surface area contributed by atoms with E-state index in [9.17, 15) is 9.59 Å². The number of aliphatic hydroxyl groups excluding tert-OH is 1. The predicted octanol–water partition coefficient (Wildman–Crippen LogP) is -0.668. The number of amides is 2. The Balaban J connectivity index is 3.91. The van der Waals surface area contributed by atoms with Gasteiger partial charge in [-0.15, -0.1) is 0 Å². The number of rotatable bonds is 8. The van der Waals surface area contributed by atoms with E-state index in [2.05, 4.69) is 15.5 Å². The molecule has 6 nitrogen and oxygen atoms in total. The number of nitrogens with one attached hydrogen (secondary N) is 2. The van der Waals surface area contributed by atoms with Crippen LogP contribution in [0.2, 0.25) is 0 Å². The molecule has 1 unspecified atom stereocenters. The van der Waals surface area contributed by atoms with Crippen LogP contribution in [0.15, 0.2) is 0 Å². The quantitative estimate of drug-likeness (QED) is 0.505. The molecule has 0 aromatic heterocycles. The molecule has 0 saturated carbocycles. The van der Waals surface area contributed by atoms with Gasteiger partial charge >= 0.3 is 11.8 Å². The van der Waals surface area contributed by atoms with Crippen molar-refractivity contribution in [3.8, 4) is 0 Å². The van der Waals surface area contributed by atoms with E-state index < -0.39 is 11.8 Å². The number of nitrogens with zero attached hydrogens (tertiary/aromatic N) is 1. The third-order valence-electron chi connectivity index (χ3n) is 2.86. The van der Waals surface area contributed by atoms with Gasteiger partial charge in [-0.3, -0.25) is 9.59 Å². The second-order valence-corrected chi connectivity index (χ2v) is 4.04. The minimum Gasteiger partial charge on any atom is -0.394 e. The van der Waals surface area contributed by atoms with E-state index in [4.69, 9.17) is 5.11 Å². The zero-order valence-corrected chi connectivity index (χ0v) is 11.5. The van der Waals surface area contributed by atoms with Gasteiger partial charge < -0.3 is 20.6 Å². The standard InChI is InChI=1S/C12H25N3O3/c1-4-10(9-16)14-12(18)11(17)13-7-8-15(5-2)6-3/h10,16H,4-9H2,1-3H3,(H,13,17)(H,14,18). The number of carbonyl (C=O) groups excluding carboxylic acids is 2. The molecule has 18 heavy (non-hydrogen) atoms. The van der Waals surface area contributed by atoms with Gasteiger partial charge in [0.2, 0.25) is 0 Å². The van der Waals surface area contributed by atoms with Gasteiger partial charge in [0.15, 0.2) is 0 Å². The zero-order chi connectivity index (χ0) is 14.0. The van der Waals surface area contributed by atoms with Crippen molar-refractivity contribution in [2.24, 2.45) is 0 Å². The van der Waals surface area contributed by atoms with Crippen LogP contribution in [0.25, 0.3) is 0 Å². The van der Waals surface area contributed by atoms with Crippen LogP contribution >= 0.6 is 0 Å². The van der Waals surface area contributed by atoms with Crippen molar-refractivity contribution in [2.45, 2.75) is 33.2 Å². The molecule has 0 aromatic carbocycles. The molecule has 3 N–H and O–H groups in total. The summed E-state index contributed by atoms with van der Waals surface area (Å²) in [5, 5.41) is 13.9. The van der Waals surface area contributed by atoms with Crippen LogP contribution in [0.3, 0.4) is 0 Å². The smallest absolute Gasteiger partial charge is 0.309 e. The molecule has 0 rings (SSSR count). The van der Waals surface area contributed by atoms with E-state index in [1.54, 1.807) is 0 Å². The Morgan fingerprint density at radius 1 is 1.17 bits per heavy atom. The van der Waals surface area contributed by atoms with Crippen molar-refractivity contribution in [3.05, 3.63) is 0 Å². The lowest BCUT2D eigenvalue weighted by Gasteiger charge is -2.18. The first-order valence-electron chi connectivity index (χ1n) is 6.50. The molecule has 0 aromatic rings. The number of likely N-dealkylation sites (N-methyl/N-ethyl adjacent to an activating group) is 1. The molecular weight excluding hydrogens is 234 g/mol. The number of aliphatic hydroxyl groups is 1. The molecule has 0 aliphatic carbocycles. The summed E-state index contributed by atoms with van der Waals surface area (Å²) in [5.41, 5.74) is 0. The molecule has 0 fully saturated rings. The summed E-state index contributed by atoms with van der Waals surface area (Å²) in [4.78, 5) is 25.0. The molecule has 1 atom stereocenters. The highest BCUT2D eigenvalue weighted by Gasteiger charge is 2.16. The minimum absolute atomic E-state index is 0.158. The zero-order valence-electron chi connectivity index (χ0n) is 11.5. The SMILES string of the molecule is CCC(CO)NC(=O)C(=O)NCCN(CC)CC. The Morgan fingerprint density at radius 2 is 1.78 bits per heavy atom. The van der Waals surface area contributed by atoms with Gasteiger partial charge in [0.1, 0.15) is 0 Å². The van der Waals surface area contributed by atoms with Gasteiger partial charge in [-0.1, -0.05) is 20.8 Å². The van der Waals surface area contributed by atoms with Crippen molar-refractivity contribution in [3.63, 3.8) is 0 Å². The van der Waals surface area contributed by atoms with Crippen LogP contribution in [0.1, 0.15) is 27.2 Å². The molecule has 6 heteroatoms. The van der Waals surface area contributed by atoms with Crippen LogP contribution in [-0.2, 0) is 9.59 Å². The molecule has 2 amide bonds. The van der Waals surface area contributed by atoms with Gasteiger partial charge in [0.25, 0.3) is 0 Å². The Labute approximate surface area is 109 Å². The van der Waals surface area contributed by atoms with Gasteiger partial charge in [0.05, 0.1) is 12.6 Å². The fourth-order valence-electron chi connectivity index (χ4n) is 1.48. The molecule has 0 saturated heterocycles. The predicted molar refractivity (Wildman–Crippen MR) is 70.1 cm³/mol. The van der Waals surface area contributed by atoms with Crippen LogP contribution in [0, 0.1) is 0 Å². The average Bonchev–Trinajstić information content (AvgIpc) is 2.40. The lowest BCUT2D eigenvalue weighted by atomic mass is 10.2. The largest absolute Gasteiger partial charge is 0.394 e. The summed E-state index contributed by atoms with van der Waals surface area (Å²) in [5.74, 6) is -1.33. The maximum absolute atomic E-state index is 11.4. The molecule has 0 bridgehead atoms. The highest BCUT2D eigenvalue weighted by atomic mass is 16.3. The summed E-state index contributed by atoms with van der Waals surface area (Å²) in [6.45, 7) is 8.78. The Hall–Kier alpha value is -1.14. The summed E-state index contributed by atoms with van der Waals surface area (Å²) in [6.07, 6.45) is 0.592. The third-order valence-corrected chi connectivity index (χ3v) is 2.86. The lowest BCUT2D eigenvalue weighted by molar-refractivity contribution is -0.139. The van der Waals surface area contributed by atoms with Gasteiger partial charge in [-0.2, -0.15) is 0 Å². The number of hydrogen-bond acceptors (Lipinski definition) is 4. The summed E-state index contributed by atoms with van der Waals surface area (Å²) in [6, 6.07) is -0.356.